The van der Waals surface area contributed by atoms with Gasteiger partial charge in [0.15, 0.2) is 0 Å². The second-order valence-electron chi connectivity index (χ2n) is 2.96. The van der Waals surface area contributed by atoms with Gasteiger partial charge in [0.1, 0.15) is 10.4 Å². The number of aromatic nitrogens is 1. The summed E-state index contributed by atoms with van der Waals surface area (Å²) in [6, 6.07) is 4.98. The van der Waals surface area contributed by atoms with E-state index in [-0.39, 0.29) is 5.82 Å². The molecule has 14 heavy (non-hydrogen) atoms. The van der Waals surface area contributed by atoms with Crippen molar-refractivity contribution in [2.45, 2.75) is 6.92 Å². The Balaban J connectivity index is 3.02. The largest absolute Gasteiger partial charge is 0.244 e. The summed E-state index contributed by atoms with van der Waals surface area (Å²) < 4.78 is 14.9. The molecule has 0 aliphatic rings. The Kier molecular flexibility index (Phi) is 2.58. The molecule has 0 fully saturated rings. The quantitative estimate of drug-likeness (QED) is 0.663. The Morgan fingerprint density at radius 2 is 2.00 bits per heavy atom. The van der Waals surface area contributed by atoms with Gasteiger partial charge in [0.2, 0.25) is 0 Å². The molecule has 0 unspecified atom stereocenters. The summed E-state index contributed by atoms with van der Waals surface area (Å²) in [4.78, 5) is 4.19. The fourth-order valence-electron chi connectivity index (χ4n) is 1.36. The number of hydrogen-bond acceptors (Lipinski definition) is 1. The molecule has 1 heterocycles. The van der Waals surface area contributed by atoms with Crippen molar-refractivity contribution in [1.82, 2.24) is 4.98 Å². The zero-order valence-corrected chi connectivity index (χ0v) is 10.5. The Morgan fingerprint density at radius 1 is 1.29 bits per heavy atom. The Hall–Kier alpha value is -0.480. The average Bonchev–Trinajstić information content (AvgIpc) is 2.14. The highest BCUT2D eigenvalue weighted by Gasteiger charge is 2.10. The predicted octanol–water partition coefficient (Wildman–Crippen LogP) is 4.21. The van der Waals surface area contributed by atoms with E-state index in [1.165, 1.54) is 6.07 Å². The lowest BCUT2D eigenvalue weighted by molar-refractivity contribution is 0.639. The van der Waals surface area contributed by atoms with Gasteiger partial charge in [0.25, 0.3) is 0 Å². The smallest absolute Gasteiger partial charge is 0.133 e. The highest BCUT2D eigenvalue weighted by Crippen LogP contribution is 2.32. The molecule has 1 nitrogen and oxygen atoms in total. The first-order valence-corrected chi connectivity index (χ1v) is 5.59. The van der Waals surface area contributed by atoms with Crippen LogP contribution in [0.2, 0.25) is 0 Å². The Bertz CT molecular complexity index is 511. The minimum absolute atomic E-state index is 0.262. The molecule has 0 radical (unpaired) electrons. The summed E-state index contributed by atoms with van der Waals surface area (Å²) in [7, 11) is 0. The number of fused-ring (bicyclic) bond motifs is 1. The van der Waals surface area contributed by atoms with E-state index < -0.39 is 0 Å². The fraction of sp³-hybridized carbons (Fsp3) is 0.100. The minimum Gasteiger partial charge on any atom is -0.244 e. The SMILES string of the molecule is Cc1nc(Br)c2c(F)cccc2c1Br. The van der Waals surface area contributed by atoms with Crippen LogP contribution < -0.4 is 0 Å². The van der Waals surface area contributed by atoms with E-state index >= 15 is 0 Å². The first-order chi connectivity index (χ1) is 6.61. The summed E-state index contributed by atoms with van der Waals surface area (Å²) in [5.74, 6) is -0.262. The molecular weight excluding hydrogens is 313 g/mol. The van der Waals surface area contributed by atoms with Gasteiger partial charge < -0.3 is 0 Å². The van der Waals surface area contributed by atoms with Gasteiger partial charge in [-0.15, -0.1) is 0 Å². The van der Waals surface area contributed by atoms with Gasteiger partial charge in [-0.25, -0.2) is 9.37 Å². The molecule has 4 heteroatoms. The Morgan fingerprint density at radius 3 is 2.71 bits per heavy atom. The fourth-order valence-corrected chi connectivity index (χ4v) is 2.45. The monoisotopic (exact) mass is 317 g/mol. The van der Waals surface area contributed by atoms with Crippen molar-refractivity contribution in [3.63, 3.8) is 0 Å². The van der Waals surface area contributed by atoms with Crippen LogP contribution in [0.3, 0.4) is 0 Å². The van der Waals surface area contributed by atoms with Crippen LogP contribution in [0.1, 0.15) is 5.69 Å². The van der Waals surface area contributed by atoms with Crippen LogP contribution >= 0.6 is 31.9 Å². The number of pyridine rings is 1. The van der Waals surface area contributed by atoms with Crippen LogP contribution in [0.5, 0.6) is 0 Å². The first kappa shape index (κ1) is 10.1. The topological polar surface area (TPSA) is 12.9 Å². The van der Waals surface area contributed by atoms with Crippen LogP contribution in [0.15, 0.2) is 27.3 Å². The van der Waals surface area contributed by atoms with E-state index in [2.05, 4.69) is 36.8 Å². The van der Waals surface area contributed by atoms with Gasteiger partial charge in [-0.3, -0.25) is 0 Å². The van der Waals surface area contributed by atoms with Crippen molar-refractivity contribution in [3.05, 3.63) is 38.8 Å². The average molecular weight is 319 g/mol. The number of benzene rings is 1. The first-order valence-electron chi connectivity index (χ1n) is 4.01. The number of hydrogen-bond donors (Lipinski definition) is 0. The van der Waals surface area contributed by atoms with E-state index in [4.69, 9.17) is 0 Å². The maximum Gasteiger partial charge on any atom is 0.133 e. The van der Waals surface area contributed by atoms with Gasteiger partial charge in [-0.1, -0.05) is 12.1 Å². The number of rotatable bonds is 0. The lowest BCUT2D eigenvalue weighted by Gasteiger charge is -2.06. The molecule has 0 bridgehead atoms. The van der Waals surface area contributed by atoms with Gasteiger partial charge in [-0.2, -0.15) is 0 Å². The lowest BCUT2D eigenvalue weighted by Crippen LogP contribution is -1.90. The summed E-state index contributed by atoms with van der Waals surface area (Å²) in [6.07, 6.45) is 0. The summed E-state index contributed by atoms with van der Waals surface area (Å²) in [5, 5.41) is 1.36. The van der Waals surface area contributed by atoms with Crippen LogP contribution in [0, 0.1) is 12.7 Å². The van der Waals surface area contributed by atoms with Gasteiger partial charge in [0, 0.05) is 9.86 Å². The van der Waals surface area contributed by atoms with Crippen LogP contribution in [0.25, 0.3) is 10.8 Å². The van der Waals surface area contributed by atoms with Crippen molar-refractivity contribution in [2.75, 3.05) is 0 Å². The van der Waals surface area contributed by atoms with E-state index in [9.17, 15) is 4.39 Å². The third-order valence-electron chi connectivity index (χ3n) is 2.04. The number of nitrogens with zero attached hydrogens (tertiary/aromatic N) is 1. The molecule has 0 aliphatic heterocycles. The van der Waals surface area contributed by atoms with Crippen molar-refractivity contribution in [1.29, 1.82) is 0 Å². The Labute approximate surface area is 97.6 Å². The van der Waals surface area contributed by atoms with Crippen molar-refractivity contribution in [2.24, 2.45) is 0 Å². The summed E-state index contributed by atoms with van der Waals surface area (Å²) in [5.41, 5.74) is 0.843. The molecule has 2 aromatic rings. The van der Waals surface area contributed by atoms with Crippen molar-refractivity contribution in [3.8, 4) is 0 Å². The molecule has 72 valence electrons. The molecule has 0 atom stereocenters. The molecule has 0 saturated heterocycles. The van der Waals surface area contributed by atoms with E-state index in [1.807, 2.05) is 13.0 Å². The molecule has 0 saturated carbocycles. The molecule has 2 rings (SSSR count). The molecule has 0 aliphatic carbocycles. The van der Waals surface area contributed by atoms with E-state index in [0.717, 1.165) is 15.6 Å². The van der Waals surface area contributed by atoms with Gasteiger partial charge in [0.05, 0.1) is 11.1 Å². The zero-order valence-electron chi connectivity index (χ0n) is 7.31. The highest BCUT2D eigenvalue weighted by molar-refractivity contribution is 9.11. The van der Waals surface area contributed by atoms with Crippen LogP contribution in [-0.2, 0) is 0 Å². The lowest BCUT2D eigenvalue weighted by atomic mass is 10.1. The summed E-state index contributed by atoms with van der Waals surface area (Å²) in [6.45, 7) is 1.87. The molecule has 0 N–H and O–H groups in total. The molecule has 1 aromatic carbocycles. The van der Waals surface area contributed by atoms with E-state index in [0.29, 0.717) is 9.99 Å². The standard InChI is InChI=1S/C10H6Br2FN/c1-5-9(11)6-3-2-4-7(13)8(6)10(12)14-5/h2-4H,1H3. The van der Waals surface area contributed by atoms with E-state index in [1.54, 1.807) is 6.07 Å². The summed E-state index contributed by atoms with van der Waals surface area (Å²) >= 11 is 6.66. The minimum atomic E-state index is -0.262. The molecule has 0 amide bonds. The van der Waals surface area contributed by atoms with Crippen LogP contribution in [-0.4, -0.2) is 4.98 Å². The maximum atomic E-state index is 13.5. The van der Waals surface area contributed by atoms with Crippen LogP contribution in [0.4, 0.5) is 4.39 Å². The molecule has 1 aromatic heterocycles. The second-order valence-corrected chi connectivity index (χ2v) is 4.51. The number of aryl methyl sites for hydroxylation is 1. The molecular formula is C10H6Br2FN. The normalized spacial score (nSPS) is 10.9. The van der Waals surface area contributed by atoms with Crippen molar-refractivity contribution >= 4 is 42.6 Å². The predicted molar refractivity (Wildman–Crippen MR) is 61.8 cm³/mol. The third-order valence-corrected chi connectivity index (χ3v) is 3.61. The molecule has 0 spiro atoms. The second kappa shape index (κ2) is 3.59. The zero-order chi connectivity index (χ0) is 10.3. The highest BCUT2D eigenvalue weighted by atomic mass is 79.9. The van der Waals surface area contributed by atoms with Crippen molar-refractivity contribution < 1.29 is 4.39 Å². The maximum absolute atomic E-state index is 13.5. The van der Waals surface area contributed by atoms with Gasteiger partial charge in [-0.05, 0) is 44.8 Å². The third kappa shape index (κ3) is 1.46. The van der Waals surface area contributed by atoms with Gasteiger partial charge >= 0.3 is 0 Å². The number of halogens is 3.